The minimum Gasteiger partial charge on any atom is -0.396 e. The molecular weight excluding hydrogens is 242 g/mol. The van der Waals surface area contributed by atoms with Gasteiger partial charge in [-0.1, -0.05) is 0 Å². The molecule has 108 valence electrons. The Balaban J connectivity index is 2.54. The Kier molecular flexibility index (Phi) is 6.02. The molecule has 1 aromatic rings. The van der Waals surface area contributed by atoms with Gasteiger partial charge in [0.25, 0.3) is 0 Å². The maximum absolute atomic E-state index is 12.2. The minimum absolute atomic E-state index is 0.119. The van der Waals surface area contributed by atoms with Gasteiger partial charge in [0, 0.05) is 37.9 Å². The molecule has 0 aliphatic carbocycles. The lowest BCUT2D eigenvalue weighted by molar-refractivity contribution is -0.133. The summed E-state index contributed by atoms with van der Waals surface area (Å²) in [5, 5.41) is 13.2. The lowest BCUT2D eigenvalue weighted by atomic mass is 10.2. The fourth-order valence-corrected chi connectivity index (χ4v) is 2.16. The molecule has 1 heterocycles. The highest BCUT2D eigenvalue weighted by Crippen LogP contribution is 2.07. The van der Waals surface area contributed by atoms with Crippen LogP contribution in [0.25, 0.3) is 0 Å². The van der Waals surface area contributed by atoms with Crippen molar-refractivity contribution in [2.45, 2.75) is 53.1 Å². The van der Waals surface area contributed by atoms with E-state index in [1.54, 1.807) is 0 Å². The molecule has 0 aliphatic rings. The van der Waals surface area contributed by atoms with Crippen LogP contribution < -0.4 is 0 Å². The van der Waals surface area contributed by atoms with Gasteiger partial charge >= 0.3 is 0 Å². The second-order valence-corrected chi connectivity index (χ2v) is 5.16. The van der Waals surface area contributed by atoms with Crippen LogP contribution in [0.3, 0.4) is 0 Å². The van der Waals surface area contributed by atoms with Crippen LogP contribution in [0.4, 0.5) is 0 Å². The topological polar surface area (TPSA) is 58.4 Å². The number of aromatic nitrogens is 2. The molecule has 1 N–H and O–H groups in total. The van der Waals surface area contributed by atoms with E-state index in [1.165, 1.54) is 0 Å². The third kappa shape index (κ3) is 4.67. The Morgan fingerprint density at radius 1 is 1.47 bits per heavy atom. The van der Waals surface area contributed by atoms with Gasteiger partial charge in [-0.3, -0.25) is 9.48 Å². The van der Waals surface area contributed by atoms with Crippen molar-refractivity contribution in [3.63, 3.8) is 0 Å². The number of carbonyl (C=O) groups excluding carboxylic acids is 1. The van der Waals surface area contributed by atoms with E-state index in [1.807, 2.05) is 43.3 Å². The van der Waals surface area contributed by atoms with Crippen LogP contribution in [0.15, 0.2) is 6.07 Å². The summed E-state index contributed by atoms with van der Waals surface area (Å²) in [7, 11) is 0. The van der Waals surface area contributed by atoms with Crippen LogP contribution in [0.1, 0.15) is 38.1 Å². The van der Waals surface area contributed by atoms with Gasteiger partial charge in [-0.25, -0.2) is 0 Å². The molecule has 0 saturated heterocycles. The average Bonchev–Trinajstić information content (AvgIpc) is 2.65. The van der Waals surface area contributed by atoms with Gasteiger partial charge in [0.05, 0.1) is 5.69 Å². The van der Waals surface area contributed by atoms with Gasteiger partial charge in [-0.15, -0.1) is 0 Å². The van der Waals surface area contributed by atoms with Gasteiger partial charge in [-0.2, -0.15) is 5.10 Å². The van der Waals surface area contributed by atoms with Gasteiger partial charge in [-0.05, 0) is 40.2 Å². The zero-order valence-electron chi connectivity index (χ0n) is 12.4. The summed E-state index contributed by atoms with van der Waals surface area (Å²) in [6.07, 6.45) is 1.08. The summed E-state index contributed by atoms with van der Waals surface area (Å²) in [5.41, 5.74) is 2.06. The van der Waals surface area contributed by atoms with Crippen molar-refractivity contribution in [3.05, 3.63) is 17.5 Å². The van der Waals surface area contributed by atoms with Gasteiger partial charge < -0.3 is 10.0 Å². The number of rotatable bonds is 7. The van der Waals surface area contributed by atoms with E-state index in [4.69, 9.17) is 5.11 Å². The first-order valence-electron chi connectivity index (χ1n) is 6.87. The highest BCUT2D eigenvalue weighted by Gasteiger charge is 2.16. The highest BCUT2D eigenvalue weighted by molar-refractivity contribution is 5.76. The van der Waals surface area contributed by atoms with Crippen LogP contribution in [0, 0.1) is 13.8 Å². The van der Waals surface area contributed by atoms with Crippen LogP contribution >= 0.6 is 0 Å². The molecule has 5 nitrogen and oxygen atoms in total. The molecule has 0 saturated carbocycles. The van der Waals surface area contributed by atoms with Crippen LogP contribution in [-0.2, 0) is 11.3 Å². The Morgan fingerprint density at radius 3 is 2.63 bits per heavy atom. The average molecular weight is 267 g/mol. The first-order valence-corrected chi connectivity index (χ1v) is 6.87. The summed E-state index contributed by atoms with van der Waals surface area (Å²) < 4.78 is 1.87. The predicted molar refractivity (Wildman–Crippen MR) is 74.9 cm³/mol. The second-order valence-electron chi connectivity index (χ2n) is 5.16. The molecular formula is C14H25N3O2. The first-order chi connectivity index (χ1) is 8.95. The third-order valence-electron chi connectivity index (χ3n) is 3.14. The smallest absolute Gasteiger partial charge is 0.224 e. The van der Waals surface area contributed by atoms with Gasteiger partial charge in [0.15, 0.2) is 0 Å². The lowest BCUT2D eigenvalue weighted by Crippen LogP contribution is -2.38. The summed E-state index contributed by atoms with van der Waals surface area (Å²) in [5.74, 6) is 0.121. The number of aliphatic hydroxyl groups excluding tert-OH is 1. The van der Waals surface area contributed by atoms with Gasteiger partial charge in [0.1, 0.15) is 0 Å². The molecule has 0 unspecified atom stereocenters. The van der Waals surface area contributed by atoms with Crippen molar-refractivity contribution in [2.75, 3.05) is 13.2 Å². The number of hydrogen-bond acceptors (Lipinski definition) is 3. The fraction of sp³-hybridized carbons (Fsp3) is 0.714. The van der Waals surface area contributed by atoms with Crippen molar-refractivity contribution >= 4 is 5.91 Å². The Morgan fingerprint density at radius 2 is 2.16 bits per heavy atom. The zero-order chi connectivity index (χ0) is 14.4. The molecule has 5 heteroatoms. The van der Waals surface area contributed by atoms with E-state index in [-0.39, 0.29) is 18.6 Å². The van der Waals surface area contributed by atoms with Crippen LogP contribution in [0.5, 0.6) is 0 Å². The lowest BCUT2D eigenvalue weighted by Gasteiger charge is -2.26. The number of aliphatic hydroxyl groups is 1. The summed E-state index contributed by atoms with van der Waals surface area (Å²) in [4.78, 5) is 14.0. The molecule has 0 atom stereocenters. The van der Waals surface area contributed by atoms with E-state index in [9.17, 15) is 4.79 Å². The quantitative estimate of drug-likeness (QED) is 0.814. The van der Waals surface area contributed by atoms with E-state index in [0.29, 0.717) is 25.9 Å². The number of amides is 1. The SMILES string of the molecule is Cc1cc(C)n(CCC(=O)N(CCCO)C(C)C)n1. The van der Waals surface area contributed by atoms with E-state index in [0.717, 1.165) is 11.4 Å². The fourth-order valence-electron chi connectivity index (χ4n) is 2.16. The van der Waals surface area contributed by atoms with Gasteiger partial charge in [0.2, 0.25) is 5.91 Å². The van der Waals surface area contributed by atoms with Crippen LogP contribution in [0.2, 0.25) is 0 Å². The summed E-state index contributed by atoms with van der Waals surface area (Å²) >= 11 is 0. The molecule has 1 rings (SSSR count). The van der Waals surface area contributed by atoms with Crippen molar-refractivity contribution in [1.29, 1.82) is 0 Å². The van der Waals surface area contributed by atoms with E-state index >= 15 is 0 Å². The second kappa shape index (κ2) is 7.28. The first kappa shape index (κ1) is 15.7. The molecule has 1 amide bonds. The molecule has 0 aliphatic heterocycles. The largest absolute Gasteiger partial charge is 0.396 e. The molecule has 0 aromatic carbocycles. The zero-order valence-corrected chi connectivity index (χ0v) is 12.4. The van der Waals surface area contributed by atoms with E-state index in [2.05, 4.69) is 5.10 Å². The van der Waals surface area contributed by atoms with Crippen molar-refractivity contribution in [2.24, 2.45) is 0 Å². The molecule has 0 fully saturated rings. The molecule has 19 heavy (non-hydrogen) atoms. The number of carbonyl (C=O) groups is 1. The third-order valence-corrected chi connectivity index (χ3v) is 3.14. The molecule has 0 spiro atoms. The summed E-state index contributed by atoms with van der Waals surface area (Å²) in [6.45, 7) is 9.29. The van der Waals surface area contributed by atoms with Crippen molar-refractivity contribution < 1.29 is 9.90 Å². The normalized spacial score (nSPS) is 11.1. The molecule has 0 bridgehead atoms. The maximum Gasteiger partial charge on any atom is 0.224 e. The number of nitrogens with zero attached hydrogens (tertiary/aromatic N) is 3. The Labute approximate surface area is 115 Å². The van der Waals surface area contributed by atoms with Crippen molar-refractivity contribution in [1.82, 2.24) is 14.7 Å². The maximum atomic E-state index is 12.2. The number of hydrogen-bond donors (Lipinski definition) is 1. The Hall–Kier alpha value is -1.36. The molecule has 1 aromatic heterocycles. The monoisotopic (exact) mass is 267 g/mol. The summed E-state index contributed by atoms with van der Waals surface area (Å²) in [6, 6.07) is 2.18. The number of aryl methyl sites for hydroxylation is 3. The highest BCUT2D eigenvalue weighted by atomic mass is 16.3. The van der Waals surface area contributed by atoms with Crippen molar-refractivity contribution in [3.8, 4) is 0 Å². The molecule has 0 radical (unpaired) electrons. The minimum atomic E-state index is 0.119. The van der Waals surface area contributed by atoms with E-state index < -0.39 is 0 Å². The van der Waals surface area contributed by atoms with Crippen LogP contribution in [-0.4, -0.2) is 44.9 Å². The predicted octanol–water partition coefficient (Wildman–Crippen LogP) is 1.51. The standard InChI is InChI=1S/C14H25N3O2/c1-11(2)16(7-5-9-18)14(19)6-8-17-13(4)10-12(3)15-17/h10-11,18H,5-9H2,1-4H3. The Bertz CT molecular complexity index is 413.